The number of carbonyl (C=O) groups is 1. The third-order valence-corrected chi connectivity index (χ3v) is 6.87. The third-order valence-electron chi connectivity index (χ3n) is 6.87. The molecule has 3 rings (SSSR count). The lowest BCUT2D eigenvalue weighted by Crippen LogP contribution is -2.30. The number of ketones is 1. The zero-order valence-electron chi connectivity index (χ0n) is 16.8. The molecule has 0 aromatic heterocycles. The number of hydrogen-bond acceptors (Lipinski definition) is 4. The van der Waals surface area contributed by atoms with Crippen molar-refractivity contribution in [1.82, 2.24) is 0 Å². The molecule has 4 heteroatoms. The van der Waals surface area contributed by atoms with Gasteiger partial charge in [0.15, 0.2) is 5.78 Å². The highest BCUT2D eigenvalue weighted by Gasteiger charge is 2.48. The van der Waals surface area contributed by atoms with Gasteiger partial charge < -0.3 is 14.6 Å². The van der Waals surface area contributed by atoms with Gasteiger partial charge in [0.05, 0.1) is 18.8 Å². The average molecular weight is 379 g/mol. The normalized spacial score (nSPS) is 31.1. The molecule has 1 aliphatic carbocycles. The van der Waals surface area contributed by atoms with Crippen LogP contribution in [0.4, 0.5) is 0 Å². The topological polar surface area (TPSA) is 55.8 Å². The summed E-state index contributed by atoms with van der Waals surface area (Å²) in [4.78, 5) is 11.1. The van der Waals surface area contributed by atoms with Gasteiger partial charge in [0.2, 0.25) is 0 Å². The molecule has 154 valence electrons. The van der Waals surface area contributed by atoms with E-state index in [1.807, 2.05) is 0 Å². The molecule has 0 spiro atoms. The van der Waals surface area contributed by atoms with Crippen LogP contribution in [0.15, 0.2) is 12.2 Å². The molecular formula is C23H38O4. The first kappa shape index (κ1) is 21.0. The van der Waals surface area contributed by atoms with E-state index in [1.165, 1.54) is 51.4 Å². The van der Waals surface area contributed by atoms with Crippen LogP contribution in [0.25, 0.3) is 0 Å². The maximum absolute atomic E-state index is 11.1. The van der Waals surface area contributed by atoms with Crippen molar-refractivity contribution in [2.45, 2.75) is 89.3 Å². The summed E-state index contributed by atoms with van der Waals surface area (Å²) in [5.74, 6) is 1.98. The van der Waals surface area contributed by atoms with E-state index in [0.717, 1.165) is 38.4 Å². The predicted molar refractivity (Wildman–Crippen MR) is 107 cm³/mol. The summed E-state index contributed by atoms with van der Waals surface area (Å²) in [6.45, 7) is 1.45. The van der Waals surface area contributed by atoms with Crippen molar-refractivity contribution >= 4 is 5.78 Å². The van der Waals surface area contributed by atoms with Gasteiger partial charge in [0.25, 0.3) is 0 Å². The monoisotopic (exact) mass is 378 g/mol. The zero-order valence-corrected chi connectivity index (χ0v) is 16.8. The maximum Gasteiger partial charge on any atom is 0.158 e. The Kier molecular flexibility index (Phi) is 8.82. The fourth-order valence-corrected chi connectivity index (χ4v) is 5.24. The number of fused-ring (bicyclic) bond motifs is 2. The molecule has 1 N–H and O–H groups in total. The lowest BCUT2D eigenvalue weighted by Gasteiger charge is -2.27. The molecular weight excluding hydrogens is 340 g/mol. The molecule has 3 aliphatic rings. The Labute approximate surface area is 164 Å². The molecule has 4 atom stereocenters. The molecule has 0 unspecified atom stereocenters. The predicted octanol–water partition coefficient (Wildman–Crippen LogP) is 4.45. The van der Waals surface area contributed by atoms with Crippen molar-refractivity contribution in [3.05, 3.63) is 12.2 Å². The Morgan fingerprint density at radius 3 is 2.59 bits per heavy atom. The van der Waals surface area contributed by atoms with Gasteiger partial charge in [-0.15, -0.1) is 0 Å². The van der Waals surface area contributed by atoms with E-state index in [4.69, 9.17) is 14.6 Å². The van der Waals surface area contributed by atoms with Crippen LogP contribution in [0.1, 0.15) is 77.0 Å². The van der Waals surface area contributed by atoms with Crippen molar-refractivity contribution in [3.8, 4) is 0 Å². The molecule has 2 saturated heterocycles. The fourth-order valence-electron chi connectivity index (χ4n) is 5.24. The number of ether oxygens (including phenoxy) is 2. The molecule has 1 saturated carbocycles. The van der Waals surface area contributed by atoms with Crippen LogP contribution in [0.2, 0.25) is 0 Å². The highest BCUT2D eigenvalue weighted by atomic mass is 16.5. The zero-order chi connectivity index (χ0) is 18.9. The molecule has 2 bridgehead atoms. The molecule has 0 aromatic carbocycles. The van der Waals surface area contributed by atoms with Crippen molar-refractivity contribution < 1.29 is 19.4 Å². The van der Waals surface area contributed by atoms with Crippen molar-refractivity contribution in [1.29, 1.82) is 0 Å². The number of unbranched alkanes of at least 4 members (excludes halogenated alkanes) is 1. The standard InChI is InChI=1S/C23H38O4/c24-16-19(25)10-6-1-2-7-11-20-21(23-13-12-22(20)27-23)17-26-15-14-18-8-4-3-5-9-18/h2,7,18,20-24H,1,3-6,8-17H2/b7-2-/t20-,21+,22-,23+/m1/s1. The van der Waals surface area contributed by atoms with Gasteiger partial charge in [0, 0.05) is 18.9 Å². The first-order valence-electron chi connectivity index (χ1n) is 11.3. The van der Waals surface area contributed by atoms with Gasteiger partial charge in [-0.3, -0.25) is 4.79 Å². The number of aliphatic hydroxyl groups is 1. The van der Waals surface area contributed by atoms with Crippen LogP contribution in [0.3, 0.4) is 0 Å². The number of allylic oxidation sites excluding steroid dienone is 2. The number of aliphatic hydroxyl groups excluding tert-OH is 1. The highest BCUT2D eigenvalue weighted by Crippen LogP contribution is 2.45. The lowest BCUT2D eigenvalue weighted by atomic mass is 9.78. The van der Waals surface area contributed by atoms with E-state index in [1.54, 1.807) is 0 Å². The summed E-state index contributed by atoms with van der Waals surface area (Å²) in [5.41, 5.74) is 0. The fraction of sp³-hybridized carbons (Fsp3) is 0.870. The Morgan fingerprint density at radius 1 is 1.04 bits per heavy atom. The van der Waals surface area contributed by atoms with E-state index in [9.17, 15) is 4.79 Å². The van der Waals surface area contributed by atoms with Crippen molar-refractivity contribution in [3.63, 3.8) is 0 Å². The summed E-state index contributed by atoms with van der Waals surface area (Å²) >= 11 is 0. The van der Waals surface area contributed by atoms with Gasteiger partial charge in [-0.1, -0.05) is 44.3 Å². The van der Waals surface area contributed by atoms with Crippen molar-refractivity contribution in [2.24, 2.45) is 17.8 Å². The number of carbonyl (C=O) groups excluding carboxylic acids is 1. The maximum atomic E-state index is 11.1. The summed E-state index contributed by atoms with van der Waals surface area (Å²) in [6, 6.07) is 0. The number of rotatable bonds is 12. The number of Topliss-reactive ketones (excluding diaryl/α,β-unsaturated/α-hetero) is 1. The largest absolute Gasteiger partial charge is 0.389 e. The van der Waals surface area contributed by atoms with Crippen LogP contribution in [0, 0.1) is 17.8 Å². The molecule has 0 amide bonds. The van der Waals surface area contributed by atoms with Gasteiger partial charge in [0.1, 0.15) is 6.61 Å². The Hall–Kier alpha value is -0.710. The van der Waals surface area contributed by atoms with Gasteiger partial charge in [-0.05, 0) is 50.4 Å². The first-order valence-corrected chi connectivity index (χ1v) is 11.3. The van der Waals surface area contributed by atoms with E-state index in [-0.39, 0.29) is 12.4 Å². The quantitative estimate of drug-likeness (QED) is 0.403. The van der Waals surface area contributed by atoms with E-state index < -0.39 is 0 Å². The summed E-state index contributed by atoms with van der Waals surface area (Å²) in [5, 5.41) is 8.74. The van der Waals surface area contributed by atoms with E-state index in [0.29, 0.717) is 30.5 Å². The summed E-state index contributed by atoms with van der Waals surface area (Å²) in [7, 11) is 0. The van der Waals surface area contributed by atoms with Gasteiger partial charge >= 0.3 is 0 Å². The third kappa shape index (κ3) is 6.40. The number of hydrogen-bond donors (Lipinski definition) is 1. The molecule has 4 nitrogen and oxygen atoms in total. The van der Waals surface area contributed by atoms with Crippen molar-refractivity contribution in [2.75, 3.05) is 19.8 Å². The molecule has 0 aromatic rings. The summed E-state index contributed by atoms with van der Waals surface area (Å²) < 4.78 is 12.3. The molecule has 2 heterocycles. The SMILES string of the molecule is O=C(CO)CCC/C=C\C[C@@H]1[C@H](COCCC2CCCCC2)[C@@H]2CC[C@H]1O2. The minimum Gasteiger partial charge on any atom is -0.389 e. The van der Waals surface area contributed by atoms with Crippen LogP contribution in [0.5, 0.6) is 0 Å². The second-order valence-electron chi connectivity index (χ2n) is 8.78. The van der Waals surface area contributed by atoms with Gasteiger partial charge in [-0.25, -0.2) is 0 Å². The molecule has 0 radical (unpaired) electrons. The average Bonchev–Trinajstić information content (AvgIpc) is 3.30. The minimum atomic E-state index is -0.325. The van der Waals surface area contributed by atoms with Gasteiger partial charge in [-0.2, -0.15) is 0 Å². The summed E-state index contributed by atoms with van der Waals surface area (Å²) in [6.07, 6.45) is 19.3. The van der Waals surface area contributed by atoms with E-state index in [2.05, 4.69) is 12.2 Å². The lowest BCUT2D eigenvalue weighted by molar-refractivity contribution is -0.121. The smallest absolute Gasteiger partial charge is 0.158 e. The Bertz CT molecular complexity index is 469. The Balaban J connectivity index is 1.33. The minimum absolute atomic E-state index is 0.0599. The van der Waals surface area contributed by atoms with Crippen LogP contribution < -0.4 is 0 Å². The highest BCUT2D eigenvalue weighted by molar-refractivity contribution is 5.79. The molecule has 27 heavy (non-hydrogen) atoms. The van der Waals surface area contributed by atoms with Crippen LogP contribution >= 0.6 is 0 Å². The van der Waals surface area contributed by atoms with Crippen LogP contribution in [-0.2, 0) is 14.3 Å². The Morgan fingerprint density at radius 2 is 1.81 bits per heavy atom. The molecule has 2 aliphatic heterocycles. The van der Waals surface area contributed by atoms with Crippen LogP contribution in [-0.4, -0.2) is 42.9 Å². The second-order valence-corrected chi connectivity index (χ2v) is 8.78. The molecule has 3 fully saturated rings. The van der Waals surface area contributed by atoms with E-state index >= 15 is 0 Å². The first-order chi connectivity index (χ1) is 13.3. The second kappa shape index (κ2) is 11.3.